The van der Waals surface area contributed by atoms with Crippen LogP contribution < -0.4 is 0 Å². The summed E-state index contributed by atoms with van der Waals surface area (Å²) in [6, 6.07) is 4.75. The van der Waals surface area contributed by atoms with Crippen molar-refractivity contribution in [3.05, 3.63) is 27.7 Å². The number of aryl methyl sites for hydroxylation is 1. The number of aromatic hydroxyl groups is 1. The lowest BCUT2D eigenvalue weighted by Gasteiger charge is -2.37. The average Bonchev–Trinajstić information content (AvgIpc) is 2.82. The number of nitrogens with zero attached hydrogens (tertiary/aromatic N) is 2. The fourth-order valence-corrected chi connectivity index (χ4v) is 3.99. The van der Waals surface area contributed by atoms with Gasteiger partial charge in [-0.15, -0.1) is 0 Å². The van der Waals surface area contributed by atoms with Crippen LogP contribution in [0.4, 0.5) is 0 Å². The molecule has 0 saturated carbocycles. The molecular formula is C15H21BrN2O. The maximum absolute atomic E-state index is 10.2. The molecule has 104 valence electrons. The maximum Gasteiger partial charge on any atom is 0.123 e. The van der Waals surface area contributed by atoms with Gasteiger partial charge in [-0.2, -0.15) is 0 Å². The number of hydrogen-bond donors (Lipinski definition) is 1. The number of fused-ring (bicyclic) bond motifs is 1. The van der Waals surface area contributed by atoms with Gasteiger partial charge in [0.1, 0.15) is 5.75 Å². The van der Waals surface area contributed by atoms with Crippen molar-refractivity contribution in [2.75, 3.05) is 26.2 Å². The number of hydrogen-bond acceptors (Lipinski definition) is 3. The van der Waals surface area contributed by atoms with Gasteiger partial charge in [0.2, 0.25) is 0 Å². The maximum atomic E-state index is 10.2. The molecule has 0 bridgehead atoms. The van der Waals surface area contributed by atoms with Gasteiger partial charge in [0.15, 0.2) is 0 Å². The van der Waals surface area contributed by atoms with E-state index in [2.05, 4.69) is 25.7 Å². The number of piperazine rings is 1. The van der Waals surface area contributed by atoms with Gasteiger partial charge >= 0.3 is 0 Å². The third kappa shape index (κ3) is 2.81. The Kier molecular flexibility index (Phi) is 3.83. The van der Waals surface area contributed by atoms with Crippen LogP contribution in [0.15, 0.2) is 16.6 Å². The minimum absolute atomic E-state index is 0.456. The quantitative estimate of drug-likeness (QED) is 0.906. The Hall–Kier alpha value is -0.580. The highest BCUT2D eigenvalue weighted by atomic mass is 79.9. The van der Waals surface area contributed by atoms with E-state index < -0.39 is 0 Å². The molecule has 1 N–H and O–H groups in total. The summed E-state index contributed by atoms with van der Waals surface area (Å²) in [5.41, 5.74) is 1.99. The molecule has 4 heteroatoms. The van der Waals surface area contributed by atoms with E-state index in [1.807, 2.05) is 19.1 Å². The Morgan fingerprint density at radius 2 is 2.16 bits per heavy atom. The van der Waals surface area contributed by atoms with Gasteiger partial charge in [-0.1, -0.05) is 15.9 Å². The highest BCUT2D eigenvalue weighted by molar-refractivity contribution is 9.10. The molecule has 3 nitrogen and oxygen atoms in total. The fourth-order valence-electron chi connectivity index (χ4n) is 3.37. The van der Waals surface area contributed by atoms with E-state index >= 15 is 0 Å². The summed E-state index contributed by atoms with van der Waals surface area (Å²) < 4.78 is 1.05. The summed E-state index contributed by atoms with van der Waals surface area (Å²) in [6.07, 6.45) is 2.68. The molecule has 2 aliphatic rings. The number of benzene rings is 1. The zero-order valence-corrected chi connectivity index (χ0v) is 13.0. The van der Waals surface area contributed by atoms with Crippen molar-refractivity contribution >= 4 is 15.9 Å². The molecule has 0 aliphatic carbocycles. The lowest BCUT2D eigenvalue weighted by molar-refractivity contribution is 0.0987. The fraction of sp³-hybridized carbons (Fsp3) is 0.600. The number of halogens is 1. The van der Waals surface area contributed by atoms with Crippen LogP contribution in [-0.2, 0) is 6.54 Å². The largest absolute Gasteiger partial charge is 0.507 e. The van der Waals surface area contributed by atoms with Crippen LogP contribution in [0, 0.1) is 6.92 Å². The second kappa shape index (κ2) is 5.43. The minimum Gasteiger partial charge on any atom is -0.507 e. The molecule has 1 atom stereocenters. The molecule has 19 heavy (non-hydrogen) atoms. The van der Waals surface area contributed by atoms with Crippen molar-refractivity contribution in [3.8, 4) is 5.75 Å². The zero-order valence-electron chi connectivity index (χ0n) is 11.4. The first-order valence-electron chi connectivity index (χ1n) is 7.08. The summed E-state index contributed by atoms with van der Waals surface area (Å²) >= 11 is 3.52. The topological polar surface area (TPSA) is 26.7 Å². The van der Waals surface area contributed by atoms with E-state index in [0.29, 0.717) is 5.75 Å². The molecule has 2 saturated heterocycles. The molecule has 3 rings (SSSR count). The molecule has 2 fully saturated rings. The van der Waals surface area contributed by atoms with Crippen molar-refractivity contribution in [2.24, 2.45) is 0 Å². The first-order valence-corrected chi connectivity index (χ1v) is 7.87. The molecule has 1 aromatic carbocycles. The van der Waals surface area contributed by atoms with Gasteiger partial charge < -0.3 is 5.11 Å². The van der Waals surface area contributed by atoms with E-state index in [-0.39, 0.29) is 0 Å². The lowest BCUT2D eigenvalue weighted by atomic mass is 10.1. The van der Waals surface area contributed by atoms with Gasteiger partial charge in [-0.25, -0.2) is 0 Å². The molecular weight excluding hydrogens is 304 g/mol. The number of phenolic OH excluding ortho intramolecular Hbond substituents is 1. The SMILES string of the molecule is Cc1cc(Br)cc(CN2CCN3CCCC3C2)c1O. The minimum atomic E-state index is 0.456. The third-order valence-electron chi connectivity index (χ3n) is 4.41. The Bertz CT molecular complexity index is 477. The molecule has 0 aromatic heterocycles. The summed E-state index contributed by atoms with van der Waals surface area (Å²) in [5.74, 6) is 0.456. The standard InChI is InChI=1S/C15H21BrN2O/c1-11-7-13(16)8-12(15(11)19)9-17-5-6-18-4-2-3-14(18)10-17/h7-8,14,19H,2-6,9-10H2,1H3. The summed E-state index contributed by atoms with van der Waals surface area (Å²) in [4.78, 5) is 5.09. The van der Waals surface area contributed by atoms with Crippen LogP contribution in [0.25, 0.3) is 0 Å². The van der Waals surface area contributed by atoms with Gasteiger partial charge in [-0.05, 0) is 44.0 Å². The average molecular weight is 325 g/mol. The molecule has 0 spiro atoms. The monoisotopic (exact) mass is 324 g/mol. The van der Waals surface area contributed by atoms with Crippen LogP contribution in [-0.4, -0.2) is 47.1 Å². The Morgan fingerprint density at radius 3 is 3.00 bits per heavy atom. The van der Waals surface area contributed by atoms with Gasteiger partial charge in [0.05, 0.1) is 0 Å². The Morgan fingerprint density at radius 1 is 1.32 bits per heavy atom. The predicted molar refractivity (Wildman–Crippen MR) is 80.4 cm³/mol. The lowest BCUT2D eigenvalue weighted by Crippen LogP contribution is -2.49. The van der Waals surface area contributed by atoms with Crippen LogP contribution >= 0.6 is 15.9 Å². The first kappa shape index (κ1) is 13.4. The second-order valence-corrected chi connectivity index (χ2v) is 6.71. The van der Waals surface area contributed by atoms with Crippen LogP contribution in [0.5, 0.6) is 5.75 Å². The van der Waals surface area contributed by atoms with Crippen molar-refractivity contribution in [1.29, 1.82) is 0 Å². The van der Waals surface area contributed by atoms with Crippen LogP contribution in [0.1, 0.15) is 24.0 Å². The number of rotatable bonds is 2. The van der Waals surface area contributed by atoms with Crippen molar-refractivity contribution in [2.45, 2.75) is 32.4 Å². The van der Waals surface area contributed by atoms with Crippen molar-refractivity contribution in [3.63, 3.8) is 0 Å². The van der Waals surface area contributed by atoms with Crippen LogP contribution in [0.2, 0.25) is 0 Å². The molecule has 1 unspecified atom stereocenters. The van der Waals surface area contributed by atoms with E-state index in [1.165, 1.54) is 25.9 Å². The normalized spacial score (nSPS) is 24.6. The van der Waals surface area contributed by atoms with Crippen molar-refractivity contribution in [1.82, 2.24) is 9.80 Å². The van der Waals surface area contributed by atoms with Gasteiger partial charge in [0.25, 0.3) is 0 Å². The molecule has 1 aromatic rings. The van der Waals surface area contributed by atoms with E-state index in [0.717, 1.165) is 41.3 Å². The van der Waals surface area contributed by atoms with E-state index in [1.54, 1.807) is 0 Å². The van der Waals surface area contributed by atoms with Crippen LogP contribution in [0.3, 0.4) is 0 Å². The predicted octanol–water partition coefficient (Wildman–Crippen LogP) is 2.74. The Labute approximate surface area is 123 Å². The van der Waals surface area contributed by atoms with Crippen molar-refractivity contribution < 1.29 is 5.11 Å². The molecule has 0 amide bonds. The smallest absolute Gasteiger partial charge is 0.123 e. The summed E-state index contributed by atoms with van der Waals surface area (Å²) in [6.45, 7) is 7.53. The van der Waals surface area contributed by atoms with E-state index in [4.69, 9.17) is 0 Å². The Balaban J connectivity index is 1.71. The first-order chi connectivity index (χ1) is 9.13. The molecule has 2 heterocycles. The highest BCUT2D eigenvalue weighted by Crippen LogP contribution is 2.29. The number of phenols is 1. The molecule has 2 aliphatic heterocycles. The third-order valence-corrected chi connectivity index (χ3v) is 4.87. The highest BCUT2D eigenvalue weighted by Gasteiger charge is 2.30. The summed E-state index contributed by atoms with van der Waals surface area (Å²) in [7, 11) is 0. The zero-order chi connectivity index (χ0) is 13.4. The summed E-state index contributed by atoms with van der Waals surface area (Å²) in [5, 5.41) is 10.2. The van der Waals surface area contributed by atoms with Gasteiger partial charge in [-0.3, -0.25) is 9.80 Å². The molecule has 0 radical (unpaired) electrons. The van der Waals surface area contributed by atoms with E-state index in [9.17, 15) is 5.11 Å². The second-order valence-electron chi connectivity index (χ2n) is 5.80. The van der Waals surface area contributed by atoms with Gasteiger partial charge in [0, 0.05) is 42.3 Å².